The molecule has 4 rings (SSSR count). The van der Waals surface area contributed by atoms with Gasteiger partial charge < -0.3 is 10.2 Å². The fourth-order valence-corrected chi connectivity index (χ4v) is 6.83. The highest BCUT2D eigenvalue weighted by molar-refractivity contribution is 7.92. The summed E-state index contributed by atoms with van der Waals surface area (Å²) in [5.74, 6) is -0.852. The quantitative estimate of drug-likeness (QED) is 0.167. The highest BCUT2D eigenvalue weighted by Crippen LogP contribution is 2.30. The second-order valence-corrected chi connectivity index (χ2v) is 13.9. The van der Waals surface area contributed by atoms with E-state index in [4.69, 9.17) is 11.6 Å². The molecule has 242 valence electrons. The van der Waals surface area contributed by atoms with Gasteiger partial charge in [0.1, 0.15) is 12.6 Å². The molecule has 9 heteroatoms. The molecule has 0 unspecified atom stereocenters. The number of carbonyl (C=O) groups excluding carboxylic acids is 2. The molecule has 0 spiro atoms. The Morgan fingerprint density at radius 1 is 0.848 bits per heavy atom. The van der Waals surface area contributed by atoms with Crippen molar-refractivity contribution < 1.29 is 18.0 Å². The van der Waals surface area contributed by atoms with Gasteiger partial charge in [-0.1, -0.05) is 96.9 Å². The maximum atomic E-state index is 14.7. The molecule has 0 radical (unpaired) electrons. The number of hydrogen-bond acceptors (Lipinski definition) is 4. The van der Waals surface area contributed by atoms with Crippen molar-refractivity contribution in [2.75, 3.05) is 10.8 Å². The summed E-state index contributed by atoms with van der Waals surface area (Å²) < 4.78 is 29.8. The second-order valence-electron chi connectivity index (χ2n) is 11.7. The highest BCUT2D eigenvalue weighted by atomic mass is 35.5. The van der Waals surface area contributed by atoms with E-state index in [0.29, 0.717) is 22.7 Å². The molecule has 0 saturated carbocycles. The van der Waals surface area contributed by atoms with Gasteiger partial charge in [-0.2, -0.15) is 0 Å². The monoisotopic (exact) mass is 659 g/mol. The van der Waals surface area contributed by atoms with E-state index >= 15 is 0 Å². The van der Waals surface area contributed by atoms with E-state index in [2.05, 4.69) is 5.32 Å². The fourth-order valence-electron chi connectivity index (χ4n) is 5.16. The van der Waals surface area contributed by atoms with Gasteiger partial charge in [0.05, 0.1) is 10.6 Å². The summed E-state index contributed by atoms with van der Waals surface area (Å²) in [6.07, 6.45) is 0.935. The lowest BCUT2D eigenvalue weighted by Gasteiger charge is -2.35. The van der Waals surface area contributed by atoms with Crippen LogP contribution in [0.15, 0.2) is 102 Å². The first-order chi connectivity index (χ1) is 21.9. The predicted molar refractivity (Wildman–Crippen MR) is 185 cm³/mol. The van der Waals surface area contributed by atoms with E-state index in [0.717, 1.165) is 26.6 Å². The van der Waals surface area contributed by atoms with Crippen LogP contribution in [0.2, 0.25) is 5.02 Å². The number of benzene rings is 4. The van der Waals surface area contributed by atoms with Crippen LogP contribution in [0, 0.1) is 20.8 Å². The van der Waals surface area contributed by atoms with E-state index in [1.807, 2.05) is 77.1 Å². The number of aryl methyl sites for hydroxylation is 2. The number of sulfonamides is 1. The van der Waals surface area contributed by atoms with Gasteiger partial charge in [0, 0.05) is 24.0 Å². The van der Waals surface area contributed by atoms with Crippen molar-refractivity contribution in [2.45, 2.75) is 71.0 Å². The minimum atomic E-state index is -4.19. The molecular formula is C37H42ClN3O4S. The molecule has 0 fully saturated rings. The smallest absolute Gasteiger partial charge is 0.264 e. The van der Waals surface area contributed by atoms with E-state index < -0.39 is 28.5 Å². The number of amides is 2. The molecule has 4 aromatic carbocycles. The lowest BCUT2D eigenvalue weighted by molar-refractivity contribution is -0.140. The Hall–Kier alpha value is -4.14. The summed E-state index contributed by atoms with van der Waals surface area (Å²) in [4.78, 5) is 30.2. The minimum absolute atomic E-state index is 0.00908. The molecule has 7 nitrogen and oxygen atoms in total. The molecule has 0 aromatic heterocycles. The van der Waals surface area contributed by atoms with Crippen LogP contribution in [0.25, 0.3) is 0 Å². The standard InChI is InChI=1S/C37H42ClN3O4S/c1-6-28(4)39-37(43)35(23-30-14-8-7-9-15-30)40(24-31-16-10-11-17-33(31)38)36(42)25-41(34-18-12-13-27(3)29(34)5)46(44,45)32-21-19-26(2)20-22-32/h7-22,28,35H,6,23-25H2,1-5H3,(H,39,43)/t28-,35+/m0/s1. The molecular weight excluding hydrogens is 618 g/mol. The summed E-state index contributed by atoms with van der Waals surface area (Å²) in [7, 11) is -4.19. The molecule has 1 N–H and O–H groups in total. The number of rotatable bonds is 13. The molecule has 0 heterocycles. The number of halogens is 1. The third kappa shape index (κ3) is 8.36. The number of anilines is 1. The van der Waals surface area contributed by atoms with Crippen LogP contribution >= 0.6 is 11.6 Å². The normalized spacial score (nSPS) is 12.7. The minimum Gasteiger partial charge on any atom is -0.352 e. The zero-order chi connectivity index (χ0) is 33.4. The largest absolute Gasteiger partial charge is 0.352 e. The van der Waals surface area contributed by atoms with Crippen LogP contribution in [0.5, 0.6) is 0 Å². The Labute approximate surface area is 278 Å². The fraction of sp³-hybridized carbons (Fsp3) is 0.297. The summed E-state index contributed by atoms with van der Waals surface area (Å²) >= 11 is 6.58. The van der Waals surface area contributed by atoms with Gasteiger partial charge in [0.2, 0.25) is 11.8 Å². The molecule has 0 aliphatic carbocycles. The lowest BCUT2D eigenvalue weighted by atomic mass is 10.0. The Bertz CT molecular complexity index is 1760. The molecule has 46 heavy (non-hydrogen) atoms. The number of nitrogens with zero attached hydrogens (tertiary/aromatic N) is 2. The van der Waals surface area contributed by atoms with Crippen LogP contribution in [0.1, 0.15) is 48.1 Å². The van der Waals surface area contributed by atoms with Gasteiger partial charge >= 0.3 is 0 Å². The van der Waals surface area contributed by atoms with E-state index in [9.17, 15) is 18.0 Å². The number of nitrogens with one attached hydrogen (secondary N) is 1. The molecule has 0 aliphatic heterocycles. The number of carbonyl (C=O) groups is 2. The maximum absolute atomic E-state index is 14.7. The van der Waals surface area contributed by atoms with Crippen LogP contribution in [-0.2, 0) is 32.6 Å². The Morgan fingerprint density at radius 2 is 1.50 bits per heavy atom. The van der Waals surface area contributed by atoms with Crippen LogP contribution in [0.3, 0.4) is 0 Å². The van der Waals surface area contributed by atoms with Crippen molar-refractivity contribution in [3.05, 3.63) is 130 Å². The first kappa shape index (κ1) is 34.7. The van der Waals surface area contributed by atoms with Gasteiger partial charge in [-0.25, -0.2) is 8.42 Å². The Morgan fingerprint density at radius 3 is 2.15 bits per heavy atom. The second kappa shape index (κ2) is 15.4. The lowest BCUT2D eigenvalue weighted by Crippen LogP contribution is -2.54. The van der Waals surface area contributed by atoms with Crippen molar-refractivity contribution in [1.82, 2.24) is 10.2 Å². The van der Waals surface area contributed by atoms with Crippen LogP contribution < -0.4 is 9.62 Å². The maximum Gasteiger partial charge on any atom is 0.264 e. The van der Waals surface area contributed by atoms with E-state index in [1.54, 1.807) is 54.6 Å². The van der Waals surface area contributed by atoms with Gasteiger partial charge in [-0.3, -0.25) is 13.9 Å². The van der Waals surface area contributed by atoms with Crippen molar-refractivity contribution in [1.29, 1.82) is 0 Å². The Kier molecular flexibility index (Phi) is 11.7. The summed E-state index contributed by atoms with van der Waals surface area (Å²) in [5, 5.41) is 3.50. The third-order valence-corrected chi connectivity index (χ3v) is 10.4. The van der Waals surface area contributed by atoms with Gasteiger partial charge in [0.25, 0.3) is 10.0 Å². The number of hydrogen-bond donors (Lipinski definition) is 1. The Balaban J connectivity index is 1.85. The summed E-state index contributed by atoms with van der Waals surface area (Å²) in [6.45, 7) is 8.99. The average Bonchev–Trinajstić information content (AvgIpc) is 3.04. The van der Waals surface area contributed by atoms with E-state index in [-0.39, 0.29) is 29.8 Å². The van der Waals surface area contributed by atoms with Crippen molar-refractivity contribution in [2.24, 2.45) is 0 Å². The third-order valence-electron chi connectivity index (χ3n) is 8.30. The summed E-state index contributed by atoms with van der Waals surface area (Å²) in [6, 6.07) is 27.5. The molecule has 2 amide bonds. The molecule has 0 bridgehead atoms. The summed E-state index contributed by atoms with van der Waals surface area (Å²) in [5.41, 5.74) is 4.44. The van der Waals surface area contributed by atoms with Crippen LogP contribution in [0.4, 0.5) is 5.69 Å². The van der Waals surface area contributed by atoms with E-state index in [1.165, 1.54) is 4.90 Å². The van der Waals surface area contributed by atoms with Gasteiger partial charge in [-0.15, -0.1) is 0 Å². The van der Waals surface area contributed by atoms with Crippen molar-refractivity contribution in [3.63, 3.8) is 0 Å². The molecule has 0 saturated heterocycles. The average molecular weight is 660 g/mol. The van der Waals surface area contributed by atoms with Gasteiger partial charge in [0.15, 0.2) is 0 Å². The first-order valence-corrected chi connectivity index (χ1v) is 17.3. The molecule has 2 atom stereocenters. The van der Waals surface area contributed by atoms with Crippen molar-refractivity contribution >= 4 is 39.1 Å². The SMILES string of the molecule is CC[C@H](C)NC(=O)[C@@H](Cc1ccccc1)N(Cc1ccccc1Cl)C(=O)CN(c1cccc(C)c1C)S(=O)(=O)c1ccc(C)cc1. The zero-order valence-electron chi connectivity index (χ0n) is 27.0. The predicted octanol–water partition coefficient (Wildman–Crippen LogP) is 7.02. The topological polar surface area (TPSA) is 86.8 Å². The van der Waals surface area contributed by atoms with Crippen LogP contribution in [-0.4, -0.2) is 43.8 Å². The molecule has 0 aliphatic rings. The highest BCUT2D eigenvalue weighted by Gasteiger charge is 2.35. The molecule has 4 aromatic rings. The van der Waals surface area contributed by atoms with Gasteiger partial charge in [-0.05, 0) is 80.6 Å². The zero-order valence-corrected chi connectivity index (χ0v) is 28.6. The first-order valence-electron chi connectivity index (χ1n) is 15.4. The van der Waals surface area contributed by atoms with Crippen molar-refractivity contribution in [3.8, 4) is 0 Å².